The van der Waals surface area contributed by atoms with E-state index in [9.17, 15) is 4.79 Å². The third-order valence-electron chi connectivity index (χ3n) is 4.83. The van der Waals surface area contributed by atoms with Crippen LogP contribution in [0.25, 0.3) is 10.9 Å². The third kappa shape index (κ3) is 3.62. The number of rotatable bonds is 7. The number of para-hydroxylation sites is 1. The Labute approximate surface area is 151 Å². The molecule has 25 heavy (non-hydrogen) atoms. The predicted octanol–water partition coefficient (Wildman–Crippen LogP) is 3.62. The fraction of sp³-hybridized carbons (Fsp3) is 0.350. The minimum atomic E-state index is -0.187. The summed E-state index contributed by atoms with van der Waals surface area (Å²) in [7, 11) is 0. The van der Waals surface area contributed by atoms with E-state index in [0.717, 1.165) is 24.9 Å². The third-order valence-corrected chi connectivity index (χ3v) is 5.81. The Bertz CT molecular complexity index is 851. The van der Waals surface area contributed by atoms with Crippen LogP contribution in [0.3, 0.4) is 0 Å². The number of carbonyl (C=O) groups is 1. The molecule has 0 unspecified atom stereocenters. The first-order valence-corrected chi connectivity index (χ1v) is 9.73. The Morgan fingerprint density at radius 1 is 1.28 bits per heavy atom. The quantitative estimate of drug-likeness (QED) is 0.608. The lowest BCUT2D eigenvalue weighted by Crippen LogP contribution is -2.44. The van der Waals surface area contributed by atoms with Crippen molar-refractivity contribution in [1.82, 2.24) is 15.6 Å². The van der Waals surface area contributed by atoms with Crippen LogP contribution < -0.4 is 10.6 Å². The normalized spacial score (nSPS) is 16.7. The highest BCUT2D eigenvalue weighted by Crippen LogP contribution is 2.32. The number of hydrogen-bond donors (Lipinski definition) is 3. The summed E-state index contributed by atoms with van der Waals surface area (Å²) in [6, 6.07) is 12.9. The minimum absolute atomic E-state index is 0.103. The largest absolute Gasteiger partial charge is 0.361 e. The summed E-state index contributed by atoms with van der Waals surface area (Å²) in [5.41, 5.74) is 2.43. The van der Waals surface area contributed by atoms with Gasteiger partial charge in [-0.3, -0.25) is 4.79 Å². The lowest BCUT2D eigenvalue weighted by molar-refractivity contribution is -0.122. The second-order valence-electron chi connectivity index (χ2n) is 6.77. The Morgan fingerprint density at radius 3 is 2.88 bits per heavy atom. The monoisotopic (exact) mass is 353 g/mol. The Hall–Kier alpha value is -2.11. The van der Waals surface area contributed by atoms with Gasteiger partial charge < -0.3 is 15.6 Å². The van der Waals surface area contributed by atoms with Gasteiger partial charge in [0.15, 0.2) is 0 Å². The predicted molar refractivity (Wildman–Crippen MR) is 103 cm³/mol. The van der Waals surface area contributed by atoms with Crippen molar-refractivity contribution in [2.24, 2.45) is 0 Å². The summed E-state index contributed by atoms with van der Waals surface area (Å²) in [6.07, 6.45) is 4.34. The number of benzene rings is 1. The highest BCUT2D eigenvalue weighted by atomic mass is 32.1. The number of fused-ring (bicyclic) bond motifs is 1. The second-order valence-corrected chi connectivity index (χ2v) is 7.75. The van der Waals surface area contributed by atoms with Gasteiger partial charge >= 0.3 is 0 Å². The van der Waals surface area contributed by atoms with Gasteiger partial charge in [0.2, 0.25) is 5.91 Å². The van der Waals surface area contributed by atoms with E-state index >= 15 is 0 Å². The highest BCUT2D eigenvalue weighted by Gasteiger charge is 2.26. The number of aromatic amines is 1. The number of nitrogens with one attached hydrogen (secondary N) is 3. The molecule has 1 fully saturated rings. The summed E-state index contributed by atoms with van der Waals surface area (Å²) in [5, 5.41) is 9.87. The summed E-state index contributed by atoms with van der Waals surface area (Å²) in [6.45, 7) is 2.68. The van der Waals surface area contributed by atoms with Crippen LogP contribution in [0.15, 0.2) is 48.0 Å². The van der Waals surface area contributed by atoms with E-state index in [2.05, 4.69) is 57.5 Å². The van der Waals surface area contributed by atoms with Crippen molar-refractivity contribution in [1.29, 1.82) is 0 Å². The number of aromatic nitrogens is 1. The van der Waals surface area contributed by atoms with Gasteiger partial charge in [0.25, 0.3) is 0 Å². The van der Waals surface area contributed by atoms with Crippen molar-refractivity contribution in [3.8, 4) is 0 Å². The molecule has 3 N–H and O–H groups in total. The van der Waals surface area contributed by atoms with E-state index in [-0.39, 0.29) is 17.9 Å². The van der Waals surface area contributed by atoms with Crippen molar-refractivity contribution < 1.29 is 4.79 Å². The summed E-state index contributed by atoms with van der Waals surface area (Å²) >= 11 is 1.76. The van der Waals surface area contributed by atoms with Gasteiger partial charge in [-0.15, -0.1) is 11.3 Å². The summed E-state index contributed by atoms with van der Waals surface area (Å²) in [4.78, 5) is 16.9. The molecular formula is C20H23N3OS. The van der Waals surface area contributed by atoms with E-state index in [1.165, 1.54) is 15.8 Å². The molecule has 1 aliphatic rings. The molecule has 130 valence electrons. The molecule has 1 amide bonds. The fourth-order valence-electron chi connectivity index (χ4n) is 3.18. The summed E-state index contributed by atoms with van der Waals surface area (Å²) in [5.74, 6) is 0.332. The Kier molecular flexibility index (Phi) is 4.59. The molecule has 0 aliphatic heterocycles. The van der Waals surface area contributed by atoms with Gasteiger partial charge in [0.1, 0.15) is 0 Å². The van der Waals surface area contributed by atoms with Crippen molar-refractivity contribution in [2.45, 2.75) is 37.8 Å². The average molecular weight is 353 g/mol. The van der Waals surface area contributed by atoms with Gasteiger partial charge in [0, 0.05) is 40.5 Å². The molecule has 0 saturated heterocycles. The average Bonchev–Trinajstić information content (AvgIpc) is 3.12. The second kappa shape index (κ2) is 7.02. The van der Waals surface area contributed by atoms with Crippen LogP contribution in [0.2, 0.25) is 0 Å². The van der Waals surface area contributed by atoms with Crippen LogP contribution >= 0.6 is 11.3 Å². The molecule has 4 rings (SSSR count). The number of amides is 1. The number of carbonyl (C=O) groups excluding carboxylic acids is 1. The fourth-order valence-corrected chi connectivity index (χ4v) is 4.02. The summed E-state index contributed by atoms with van der Waals surface area (Å²) < 4.78 is 0. The molecule has 2 heterocycles. The SMILES string of the molecule is C[C@H](NC[C@@H](c1cccs1)c1c[nH]c2ccccc12)C(=O)NC1CC1. The lowest BCUT2D eigenvalue weighted by Gasteiger charge is -2.20. The zero-order valence-corrected chi connectivity index (χ0v) is 15.1. The van der Waals surface area contributed by atoms with Crippen LogP contribution in [-0.4, -0.2) is 29.5 Å². The first-order chi connectivity index (χ1) is 12.2. The van der Waals surface area contributed by atoms with Crippen LogP contribution in [-0.2, 0) is 4.79 Å². The van der Waals surface area contributed by atoms with Gasteiger partial charge in [-0.05, 0) is 42.8 Å². The standard InChI is InChI=1S/C20H23N3OS/c1-13(20(24)23-14-8-9-14)21-12-17(19-7-4-10-25-19)16-11-22-18-6-3-2-5-15(16)18/h2-7,10-11,13-14,17,21-22H,8-9,12H2,1H3,(H,23,24)/t13-,17+/m0/s1. The molecule has 1 aliphatic carbocycles. The molecule has 2 aromatic heterocycles. The van der Waals surface area contributed by atoms with E-state index in [0.29, 0.717) is 6.04 Å². The van der Waals surface area contributed by atoms with E-state index in [1.807, 2.05) is 13.0 Å². The molecule has 1 aromatic carbocycles. The van der Waals surface area contributed by atoms with Gasteiger partial charge in [-0.1, -0.05) is 24.3 Å². The van der Waals surface area contributed by atoms with E-state index < -0.39 is 0 Å². The smallest absolute Gasteiger partial charge is 0.237 e. The maximum atomic E-state index is 12.2. The first kappa shape index (κ1) is 16.4. The van der Waals surface area contributed by atoms with Gasteiger partial charge in [0.05, 0.1) is 6.04 Å². The Morgan fingerprint density at radius 2 is 2.12 bits per heavy atom. The maximum absolute atomic E-state index is 12.2. The van der Waals surface area contributed by atoms with Crippen LogP contribution in [0.5, 0.6) is 0 Å². The zero-order valence-electron chi connectivity index (χ0n) is 14.3. The molecule has 0 bridgehead atoms. The van der Waals surface area contributed by atoms with Crippen molar-refractivity contribution in [3.63, 3.8) is 0 Å². The lowest BCUT2D eigenvalue weighted by atomic mass is 9.96. The van der Waals surface area contributed by atoms with Crippen LogP contribution in [0, 0.1) is 0 Å². The molecule has 2 atom stereocenters. The van der Waals surface area contributed by atoms with Crippen molar-refractivity contribution in [3.05, 3.63) is 58.4 Å². The van der Waals surface area contributed by atoms with Gasteiger partial charge in [-0.2, -0.15) is 0 Å². The van der Waals surface area contributed by atoms with Crippen LogP contribution in [0.1, 0.15) is 36.1 Å². The number of H-pyrrole nitrogens is 1. The first-order valence-electron chi connectivity index (χ1n) is 8.85. The topological polar surface area (TPSA) is 56.9 Å². The van der Waals surface area contributed by atoms with E-state index in [4.69, 9.17) is 0 Å². The van der Waals surface area contributed by atoms with Gasteiger partial charge in [-0.25, -0.2) is 0 Å². The highest BCUT2D eigenvalue weighted by molar-refractivity contribution is 7.10. The molecule has 3 aromatic rings. The molecule has 0 radical (unpaired) electrons. The number of thiophene rings is 1. The minimum Gasteiger partial charge on any atom is -0.361 e. The maximum Gasteiger partial charge on any atom is 0.237 e. The zero-order chi connectivity index (χ0) is 17.2. The van der Waals surface area contributed by atoms with Crippen molar-refractivity contribution in [2.75, 3.05) is 6.54 Å². The molecule has 0 spiro atoms. The molecular weight excluding hydrogens is 330 g/mol. The van der Waals surface area contributed by atoms with Crippen molar-refractivity contribution >= 4 is 28.1 Å². The van der Waals surface area contributed by atoms with Crippen LogP contribution in [0.4, 0.5) is 0 Å². The Balaban J connectivity index is 1.54. The number of hydrogen-bond acceptors (Lipinski definition) is 3. The molecule has 1 saturated carbocycles. The molecule has 4 nitrogen and oxygen atoms in total. The van der Waals surface area contributed by atoms with E-state index in [1.54, 1.807) is 11.3 Å². The molecule has 5 heteroatoms.